The summed E-state index contributed by atoms with van der Waals surface area (Å²) in [7, 11) is 0. The second-order valence-corrected chi connectivity index (χ2v) is 6.56. The monoisotopic (exact) mass is 269 g/mol. The van der Waals surface area contributed by atoms with Gasteiger partial charge in [-0.1, -0.05) is 20.8 Å². The molecule has 1 N–H and O–H groups in total. The minimum atomic E-state index is 0.672. The van der Waals surface area contributed by atoms with Gasteiger partial charge in [0.05, 0.1) is 0 Å². The van der Waals surface area contributed by atoms with Gasteiger partial charge in [0.25, 0.3) is 0 Å². The number of nitrogens with zero attached hydrogens (tertiary/aromatic N) is 2. The van der Waals surface area contributed by atoms with Crippen LogP contribution < -0.4 is 5.32 Å². The molecule has 0 saturated carbocycles. The Hall–Kier alpha value is -0.120. The van der Waals surface area contributed by atoms with Crippen LogP contribution in [-0.2, 0) is 0 Å². The molecule has 19 heavy (non-hydrogen) atoms. The van der Waals surface area contributed by atoms with Crippen LogP contribution in [0.15, 0.2) is 0 Å². The lowest BCUT2D eigenvalue weighted by Gasteiger charge is -2.40. The predicted octanol–water partition coefficient (Wildman–Crippen LogP) is 2.43. The van der Waals surface area contributed by atoms with E-state index in [0.29, 0.717) is 6.04 Å². The highest BCUT2D eigenvalue weighted by Crippen LogP contribution is 2.10. The highest BCUT2D eigenvalue weighted by atomic mass is 15.3. The molecule has 0 amide bonds. The van der Waals surface area contributed by atoms with E-state index in [-0.39, 0.29) is 0 Å². The minimum Gasteiger partial charge on any atom is -0.315 e. The maximum Gasteiger partial charge on any atom is 0.0193 e. The first-order valence-corrected chi connectivity index (χ1v) is 8.23. The van der Waals surface area contributed by atoms with Gasteiger partial charge in [-0.2, -0.15) is 0 Å². The zero-order chi connectivity index (χ0) is 14.3. The Morgan fingerprint density at radius 2 is 1.42 bits per heavy atom. The number of hydrogen-bond acceptors (Lipinski definition) is 3. The lowest BCUT2D eigenvalue weighted by molar-refractivity contribution is 0.0771. The fraction of sp³-hybridized carbons (Fsp3) is 1.00. The molecule has 0 spiro atoms. The van der Waals surface area contributed by atoms with E-state index in [0.717, 1.165) is 25.0 Å². The van der Waals surface area contributed by atoms with Crippen molar-refractivity contribution in [2.75, 3.05) is 39.3 Å². The number of rotatable bonds is 8. The molecule has 3 heteroatoms. The van der Waals surface area contributed by atoms with Gasteiger partial charge in [-0.05, 0) is 39.2 Å². The Kier molecular flexibility index (Phi) is 7.96. The molecule has 0 aromatic rings. The summed E-state index contributed by atoms with van der Waals surface area (Å²) in [5.74, 6) is 0.807. The number of hydrogen-bond donors (Lipinski definition) is 1. The Morgan fingerprint density at radius 1 is 0.895 bits per heavy atom. The standard InChI is InChI=1S/C16H35N3/c1-6-15(4)18-9-11-19(12-10-18)16(5)13-17-8-7-14(2)3/h14-17H,6-13H2,1-5H3. The average molecular weight is 269 g/mol. The largest absolute Gasteiger partial charge is 0.315 e. The van der Waals surface area contributed by atoms with Crippen LogP contribution in [0.2, 0.25) is 0 Å². The summed E-state index contributed by atoms with van der Waals surface area (Å²) in [6.45, 7) is 18.8. The second-order valence-electron chi connectivity index (χ2n) is 6.56. The zero-order valence-corrected chi connectivity index (χ0v) is 13.8. The van der Waals surface area contributed by atoms with Gasteiger partial charge in [-0.3, -0.25) is 9.80 Å². The average Bonchev–Trinajstić information content (AvgIpc) is 2.42. The highest BCUT2D eigenvalue weighted by molar-refractivity contribution is 4.79. The predicted molar refractivity (Wildman–Crippen MR) is 84.7 cm³/mol. The third kappa shape index (κ3) is 6.24. The topological polar surface area (TPSA) is 18.5 Å². The van der Waals surface area contributed by atoms with Crippen molar-refractivity contribution in [2.45, 2.75) is 59.5 Å². The zero-order valence-electron chi connectivity index (χ0n) is 13.8. The summed E-state index contributed by atoms with van der Waals surface area (Å²) in [6, 6.07) is 1.42. The highest BCUT2D eigenvalue weighted by Gasteiger charge is 2.22. The molecule has 2 unspecified atom stereocenters. The fourth-order valence-electron chi connectivity index (χ4n) is 2.71. The van der Waals surface area contributed by atoms with E-state index in [9.17, 15) is 0 Å². The van der Waals surface area contributed by atoms with Crippen molar-refractivity contribution >= 4 is 0 Å². The molecule has 114 valence electrons. The Labute approximate surface area is 120 Å². The molecule has 2 atom stereocenters. The van der Waals surface area contributed by atoms with Crippen LogP contribution in [0.1, 0.15) is 47.5 Å². The Bertz CT molecular complexity index is 222. The van der Waals surface area contributed by atoms with Crippen LogP contribution in [0.5, 0.6) is 0 Å². The van der Waals surface area contributed by atoms with Crippen molar-refractivity contribution in [3.05, 3.63) is 0 Å². The molecule has 1 fully saturated rings. The van der Waals surface area contributed by atoms with Gasteiger partial charge < -0.3 is 5.32 Å². The molecule has 1 aliphatic rings. The lowest BCUT2D eigenvalue weighted by Crippen LogP contribution is -2.53. The molecule has 1 aliphatic heterocycles. The molecule has 0 aromatic carbocycles. The summed E-state index contributed by atoms with van der Waals surface area (Å²) < 4.78 is 0. The summed E-state index contributed by atoms with van der Waals surface area (Å²) in [5, 5.41) is 3.60. The van der Waals surface area contributed by atoms with E-state index < -0.39 is 0 Å². The second kappa shape index (κ2) is 8.93. The van der Waals surface area contributed by atoms with Gasteiger partial charge in [0.15, 0.2) is 0 Å². The van der Waals surface area contributed by atoms with E-state index in [2.05, 4.69) is 49.7 Å². The third-order valence-corrected chi connectivity index (χ3v) is 4.52. The smallest absolute Gasteiger partial charge is 0.0193 e. The summed E-state index contributed by atoms with van der Waals surface area (Å²) in [6.07, 6.45) is 2.56. The van der Waals surface area contributed by atoms with Crippen LogP contribution in [0, 0.1) is 5.92 Å². The fourth-order valence-corrected chi connectivity index (χ4v) is 2.71. The molecule has 0 radical (unpaired) electrons. The van der Waals surface area contributed by atoms with Crippen molar-refractivity contribution in [1.82, 2.24) is 15.1 Å². The Morgan fingerprint density at radius 3 is 1.89 bits per heavy atom. The van der Waals surface area contributed by atoms with E-state index in [1.807, 2.05) is 0 Å². The van der Waals surface area contributed by atoms with Crippen molar-refractivity contribution in [1.29, 1.82) is 0 Å². The van der Waals surface area contributed by atoms with Crippen LogP contribution in [0.3, 0.4) is 0 Å². The molecular formula is C16H35N3. The SMILES string of the molecule is CCC(C)N1CCN(C(C)CNCCC(C)C)CC1. The van der Waals surface area contributed by atoms with Gasteiger partial charge in [0.1, 0.15) is 0 Å². The van der Waals surface area contributed by atoms with E-state index >= 15 is 0 Å². The first kappa shape index (κ1) is 16.9. The van der Waals surface area contributed by atoms with E-state index in [1.54, 1.807) is 0 Å². The molecule has 1 heterocycles. The molecule has 1 rings (SSSR count). The lowest BCUT2D eigenvalue weighted by atomic mass is 10.1. The molecule has 0 bridgehead atoms. The van der Waals surface area contributed by atoms with Gasteiger partial charge in [-0.15, -0.1) is 0 Å². The first-order valence-electron chi connectivity index (χ1n) is 8.23. The van der Waals surface area contributed by atoms with E-state index in [4.69, 9.17) is 0 Å². The van der Waals surface area contributed by atoms with Gasteiger partial charge in [0.2, 0.25) is 0 Å². The third-order valence-electron chi connectivity index (χ3n) is 4.52. The maximum absolute atomic E-state index is 3.60. The summed E-state index contributed by atoms with van der Waals surface area (Å²) in [5.41, 5.74) is 0. The van der Waals surface area contributed by atoms with E-state index in [1.165, 1.54) is 39.0 Å². The maximum atomic E-state index is 3.60. The number of piperazine rings is 1. The molecule has 0 aliphatic carbocycles. The Balaban J connectivity index is 2.16. The van der Waals surface area contributed by atoms with Crippen LogP contribution >= 0.6 is 0 Å². The summed E-state index contributed by atoms with van der Waals surface area (Å²) in [4.78, 5) is 5.27. The minimum absolute atomic E-state index is 0.672. The van der Waals surface area contributed by atoms with Crippen molar-refractivity contribution in [3.8, 4) is 0 Å². The van der Waals surface area contributed by atoms with Crippen LogP contribution in [-0.4, -0.2) is 61.2 Å². The number of nitrogens with one attached hydrogen (secondary N) is 1. The normalized spacial score (nSPS) is 21.8. The van der Waals surface area contributed by atoms with Crippen molar-refractivity contribution in [3.63, 3.8) is 0 Å². The molecular weight excluding hydrogens is 234 g/mol. The van der Waals surface area contributed by atoms with Crippen LogP contribution in [0.25, 0.3) is 0 Å². The van der Waals surface area contributed by atoms with Gasteiger partial charge >= 0.3 is 0 Å². The molecule has 1 saturated heterocycles. The first-order chi connectivity index (χ1) is 9.04. The van der Waals surface area contributed by atoms with Gasteiger partial charge in [-0.25, -0.2) is 0 Å². The van der Waals surface area contributed by atoms with Crippen molar-refractivity contribution in [2.24, 2.45) is 5.92 Å². The quantitative estimate of drug-likeness (QED) is 0.683. The summed E-state index contributed by atoms with van der Waals surface area (Å²) >= 11 is 0. The van der Waals surface area contributed by atoms with Crippen LogP contribution in [0.4, 0.5) is 0 Å². The molecule has 3 nitrogen and oxygen atoms in total. The molecule has 0 aromatic heterocycles. The van der Waals surface area contributed by atoms with Crippen molar-refractivity contribution < 1.29 is 0 Å². The van der Waals surface area contributed by atoms with Gasteiger partial charge in [0, 0.05) is 44.8 Å².